The minimum Gasteiger partial charge on any atom is -0.457 e. The smallest absolute Gasteiger partial charge is 0.231 e. The molecule has 0 bridgehead atoms. The van der Waals surface area contributed by atoms with E-state index in [9.17, 15) is 4.79 Å². The third-order valence-electron chi connectivity index (χ3n) is 3.96. The van der Waals surface area contributed by atoms with Gasteiger partial charge in [0.25, 0.3) is 0 Å². The topological polar surface area (TPSA) is 35.5 Å². The van der Waals surface area contributed by atoms with Crippen LogP contribution in [0.2, 0.25) is 0 Å². The van der Waals surface area contributed by atoms with E-state index in [1.165, 1.54) is 0 Å². The molecule has 0 atom stereocenters. The lowest BCUT2D eigenvalue weighted by Gasteiger charge is -2.06. The molecule has 0 saturated carbocycles. The van der Waals surface area contributed by atoms with Crippen molar-refractivity contribution < 1.29 is 14.3 Å². The number of para-hydroxylation sites is 1. The van der Waals surface area contributed by atoms with Crippen LogP contribution in [0.25, 0.3) is 6.08 Å². The van der Waals surface area contributed by atoms with Crippen molar-refractivity contribution in [1.29, 1.82) is 0 Å². The summed E-state index contributed by atoms with van der Waals surface area (Å²) in [6, 6.07) is 22.8. The third-order valence-corrected chi connectivity index (χ3v) is 3.96. The van der Waals surface area contributed by atoms with Gasteiger partial charge in [0.15, 0.2) is 5.76 Å². The summed E-state index contributed by atoms with van der Waals surface area (Å²) in [7, 11) is 0. The molecule has 3 heteroatoms. The van der Waals surface area contributed by atoms with E-state index in [2.05, 4.69) is 0 Å². The maximum atomic E-state index is 12.5. The van der Waals surface area contributed by atoms with Crippen LogP contribution in [0.4, 0.5) is 0 Å². The largest absolute Gasteiger partial charge is 0.457 e. The predicted octanol–water partition coefficient (Wildman–Crippen LogP) is 5.40. The molecule has 1 aliphatic rings. The number of hydrogen-bond donors (Lipinski definition) is 0. The molecule has 122 valence electrons. The van der Waals surface area contributed by atoms with E-state index < -0.39 is 0 Å². The summed E-state index contributed by atoms with van der Waals surface area (Å²) in [4.78, 5) is 12.5. The van der Waals surface area contributed by atoms with Crippen molar-refractivity contribution in [3.05, 3.63) is 95.2 Å². The maximum Gasteiger partial charge on any atom is 0.231 e. The Labute approximate surface area is 146 Å². The number of Topliss-reactive ketones (excluding diaryl/α,β-unsaturated/α-hetero) is 1. The molecule has 25 heavy (non-hydrogen) atoms. The summed E-state index contributed by atoms with van der Waals surface area (Å²) >= 11 is 0. The highest BCUT2D eigenvalue weighted by Gasteiger charge is 2.27. The van der Waals surface area contributed by atoms with E-state index in [-0.39, 0.29) is 5.78 Å². The number of carbonyl (C=O) groups is 1. The molecule has 0 aromatic heterocycles. The number of ketones is 1. The van der Waals surface area contributed by atoms with Crippen LogP contribution in [0.3, 0.4) is 0 Å². The number of ether oxygens (including phenoxy) is 2. The Morgan fingerprint density at radius 2 is 1.68 bits per heavy atom. The van der Waals surface area contributed by atoms with Gasteiger partial charge >= 0.3 is 0 Å². The Morgan fingerprint density at radius 3 is 2.52 bits per heavy atom. The second kappa shape index (κ2) is 6.29. The highest BCUT2D eigenvalue weighted by molar-refractivity contribution is 6.14. The molecule has 3 nitrogen and oxygen atoms in total. The molecular weight excluding hydrogens is 312 g/mol. The summed E-state index contributed by atoms with van der Waals surface area (Å²) in [5.74, 6) is 2.33. The molecule has 0 unspecified atom stereocenters. The van der Waals surface area contributed by atoms with E-state index in [4.69, 9.17) is 9.47 Å². The molecule has 0 fully saturated rings. The Bertz CT molecular complexity index is 972. The van der Waals surface area contributed by atoms with Crippen molar-refractivity contribution in [3.8, 4) is 17.2 Å². The second-order valence-corrected chi connectivity index (χ2v) is 5.93. The van der Waals surface area contributed by atoms with Gasteiger partial charge in [-0.25, -0.2) is 0 Å². The van der Waals surface area contributed by atoms with Crippen LogP contribution in [0.1, 0.15) is 21.5 Å². The average molecular weight is 328 g/mol. The van der Waals surface area contributed by atoms with Crippen LogP contribution in [-0.2, 0) is 0 Å². The molecule has 3 aromatic rings. The van der Waals surface area contributed by atoms with Crippen molar-refractivity contribution >= 4 is 11.9 Å². The first-order valence-corrected chi connectivity index (χ1v) is 8.07. The first-order chi connectivity index (χ1) is 12.2. The Morgan fingerprint density at radius 1 is 0.880 bits per heavy atom. The van der Waals surface area contributed by atoms with E-state index in [0.717, 1.165) is 16.9 Å². The number of aryl methyl sites for hydroxylation is 1. The molecule has 0 saturated heterocycles. The first-order valence-electron chi connectivity index (χ1n) is 8.07. The van der Waals surface area contributed by atoms with E-state index in [1.54, 1.807) is 6.08 Å². The fourth-order valence-corrected chi connectivity index (χ4v) is 2.75. The first kappa shape index (κ1) is 15.2. The van der Waals surface area contributed by atoms with E-state index in [0.29, 0.717) is 22.8 Å². The summed E-state index contributed by atoms with van der Waals surface area (Å²) in [6.45, 7) is 1.96. The lowest BCUT2D eigenvalue weighted by atomic mass is 10.1. The lowest BCUT2D eigenvalue weighted by Crippen LogP contribution is -1.98. The van der Waals surface area contributed by atoms with E-state index in [1.807, 2.05) is 79.7 Å². The lowest BCUT2D eigenvalue weighted by molar-refractivity contribution is 0.101. The van der Waals surface area contributed by atoms with Crippen LogP contribution in [0.5, 0.6) is 17.2 Å². The molecule has 1 heterocycles. The number of carbonyl (C=O) groups excluding carboxylic acids is 1. The SMILES string of the molecule is Cc1ccc2c(c1)C(=O)/C(=C/c1cccc(Oc3ccccc3)c1)O2. The molecule has 3 aromatic carbocycles. The van der Waals surface area contributed by atoms with Crippen molar-refractivity contribution in [2.24, 2.45) is 0 Å². The van der Waals surface area contributed by atoms with Gasteiger partial charge in [-0.3, -0.25) is 4.79 Å². The standard InChI is InChI=1S/C22H16O3/c1-15-10-11-20-19(12-15)22(23)21(25-20)14-16-6-5-9-18(13-16)24-17-7-3-2-4-8-17/h2-14H,1H3/b21-14-. The number of benzene rings is 3. The van der Waals surface area contributed by atoms with Crippen LogP contribution in [0.15, 0.2) is 78.6 Å². The summed E-state index contributed by atoms with van der Waals surface area (Å²) < 4.78 is 11.5. The van der Waals surface area contributed by atoms with Gasteiger partial charge < -0.3 is 9.47 Å². The molecule has 0 aliphatic carbocycles. The zero-order valence-electron chi connectivity index (χ0n) is 13.7. The number of fused-ring (bicyclic) bond motifs is 1. The van der Waals surface area contributed by atoms with Crippen LogP contribution < -0.4 is 9.47 Å². The average Bonchev–Trinajstić information content (AvgIpc) is 2.92. The second-order valence-electron chi connectivity index (χ2n) is 5.93. The molecule has 0 spiro atoms. The van der Waals surface area contributed by atoms with Crippen molar-refractivity contribution in [2.45, 2.75) is 6.92 Å². The van der Waals surface area contributed by atoms with Crippen LogP contribution in [0, 0.1) is 6.92 Å². The van der Waals surface area contributed by atoms with Crippen molar-refractivity contribution in [2.75, 3.05) is 0 Å². The van der Waals surface area contributed by atoms with Gasteiger partial charge in [0, 0.05) is 0 Å². The van der Waals surface area contributed by atoms with E-state index >= 15 is 0 Å². The van der Waals surface area contributed by atoms with Crippen LogP contribution in [-0.4, -0.2) is 5.78 Å². The number of allylic oxidation sites excluding steroid dienone is 1. The third kappa shape index (κ3) is 3.17. The molecule has 0 amide bonds. The molecule has 0 N–H and O–H groups in total. The van der Waals surface area contributed by atoms with Gasteiger partial charge in [0.2, 0.25) is 5.78 Å². The zero-order chi connectivity index (χ0) is 17.2. The van der Waals surface area contributed by atoms with Gasteiger partial charge in [-0.2, -0.15) is 0 Å². The molecule has 4 rings (SSSR count). The molecule has 0 radical (unpaired) electrons. The highest BCUT2D eigenvalue weighted by atomic mass is 16.5. The molecule has 1 aliphatic heterocycles. The number of rotatable bonds is 3. The highest BCUT2D eigenvalue weighted by Crippen LogP contribution is 2.33. The monoisotopic (exact) mass is 328 g/mol. The normalized spacial score (nSPS) is 14.3. The Kier molecular flexibility index (Phi) is 3.82. The minimum atomic E-state index is -0.0897. The van der Waals surface area contributed by atoms with Crippen molar-refractivity contribution in [1.82, 2.24) is 0 Å². The zero-order valence-corrected chi connectivity index (χ0v) is 13.7. The minimum absolute atomic E-state index is 0.0897. The molecular formula is C22H16O3. The summed E-state index contributed by atoms with van der Waals surface area (Å²) in [5, 5.41) is 0. The van der Waals surface area contributed by atoms with Gasteiger partial charge in [-0.1, -0.05) is 42.0 Å². The van der Waals surface area contributed by atoms with Crippen molar-refractivity contribution in [3.63, 3.8) is 0 Å². The van der Waals surface area contributed by atoms with Gasteiger partial charge in [0.1, 0.15) is 17.2 Å². The Hall–Kier alpha value is -3.33. The van der Waals surface area contributed by atoms with Gasteiger partial charge in [0.05, 0.1) is 5.56 Å². The summed E-state index contributed by atoms with van der Waals surface area (Å²) in [6.07, 6.45) is 1.75. The fraction of sp³-hybridized carbons (Fsp3) is 0.0455. The number of hydrogen-bond acceptors (Lipinski definition) is 3. The van der Waals surface area contributed by atoms with Gasteiger partial charge in [-0.15, -0.1) is 0 Å². The predicted molar refractivity (Wildman–Crippen MR) is 97.1 cm³/mol. The van der Waals surface area contributed by atoms with Crippen LogP contribution >= 0.6 is 0 Å². The fourth-order valence-electron chi connectivity index (χ4n) is 2.75. The summed E-state index contributed by atoms with van der Waals surface area (Å²) in [5.41, 5.74) is 2.50. The van der Waals surface area contributed by atoms with Gasteiger partial charge in [-0.05, 0) is 55.0 Å². The Balaban J connectivity index is 1.60. The maximum absolute atomic E-state index is 12.5. The quantitative estimate of drug-likeness (QED) is 0.604.